The smallest absolute Gasteiger partial charge is 0.0630 e. The highest BCUT2D eigenvalue weighted by Gasteiger charge is 2.02. The van der Waals surface area contributed by atoms with Gasteiger partial charge in [-0.15, -0.1) is 11.8 Å². The summed E-state index contributed by atoms with van der Waals surface area (Å²) in [6.07, 6.45) is 4.65. The summed E-state index contributed by atoms with van der Waals surface area (Å²) in [6.45, 7) is 0. The molecule has 2 rings (SSSR count). The molecule has 0 N–H and O–H groups in total. The Kier molecular flexibility index (Phi) is 3.68. The first-order chi connectivity index (χ1) is 7.92. The van der Waals surface area contributed by atoms with Gasteiger partial charge in [0.25, 0.3) is 0 Å². The van der Waals surface area contributed by atoms with E-state index in [0.29, 0.717) is 6.42 Å². The van der Waals surface area contributed by atoms with Crippen molar-refractivity contribution in [3.8, 4) is 11.8 Å². The van der Waals surface area contributed by atoms with E-state index < -0.39 is 0 Å². The Bertz CT molecular complexity index is 483. The van der Waals surface area contributed by atoms with Crippen molar-refractivity contribution in [2.45, 2.75) is 11.3 Å². The quantitative estimate of drug-likeness (QED) is 0.592. The van der Waals surface area contributed by atoms with Crippen LogP contribution in [0.4, 0.5) is 0 Å². The summed E-state index contributed by atoms with van der Waals surface area (Å²) >= 11 is 1.73. The van der Waals surface area contributed by atoms with Gasteiger partial charge in [0.1, 0.15) is 0 Å². The molecule has 0 unspecified atom stereocenters. The number of aromatic nitrogens is 1. The first-order valence-electron chi connectivity index (χ1n) is 5.14. The Morgan fingerprint density at radius 2 is 1.88 bits per heavy atom. The Balaban J connectivity index is 2.22. The lowest BCUT2D eigenvalue weighted by atomic mass is 10.3. The number of nitrogens with zero attached hydrogens (tertiary/aromatic N) is 2. The van der Waals surface area contributed by atoms with Crippen molar-refractivity contribution in [1.82, 2.24) is 4.57 Å². The molecule has 1 aromatic heterocycles. The van der Waals surface area contributed by atoms with Crippen molar-refractivity contribution in [2.24, 2.45) is 0 Å². The Morgan fingerprint density at radius 3 is 2.62 bits per heavy atom. The number of benzene rings is 1. The van der Waals surface area contributed by atoms with Crippen molar-refractivity contribution in [3.05, 3.63) is 48.8 Å². The predicted molar refractivity (Wildman–Crippen MR) is 66.7 cm³/mol. The third-order valence-corrected chi connectivity index (χ3v) is 3.28. The van der Waals surface area contributed by atoms with Gasteiger partial charge in [-0.2, -0.15) is 5.26 Å². The fraction of sp³-hybridized carbons (Fsp3) is 0.154. The van der Waals surface area contributed by atoms with E-state index in [1.165, 1.54) is 10.6 Å². The molecule has 2 aromatic rings. The van der Waals surface area contributed by atoms with E-state index in [2.05, 4.69) is 22.8 Å². The van der Waals surface area contributed by atoms with Gasteiger partial charge in [-0.3, -0.25) is 0 Å². The van der Waals surface area contributed by atoms with Gasteiger partial charge >= 0.3 is 0 Å². The molecule has 0 aliphatic heterocycles. The number of nitriles is 1. The maximum atomic E-state index is 8.53. The molecular formula is C13H12N2S. The molecule has 0 saturated carbocycles. The second-order valence-corrected chi connectivity index (χ2v) is 4.45. The zero-order chi connectivity index (χ0) is 11.2. The van der Waals surface area contributed by atoms with Crippen LogP contribution in [0.3, 0.4) is 0 Å². The molecule has 3 heteroatoms. The summed E-state index contributed by atoms with van der Waals surface area (Å²) in [5.74, 6) is 0.842. The van der Waals surface area contributed by atoms with E-state index in [1.807, 2.05) is 36.7 Å². The third kappa shape index (κ3) is 2.47. The lowest BCUT2D eigenvalue weighted by molar-refractivity contribution is 1.04. The standard InChI is InChI=1S/C13H12N2S/c14-8-5-11-16-13-7-2-1-6-12(13)15-9-3-4-10-15/h1-4,6-7,9-10H,5,11H2. The van der Waals surface area contributed by atoms with Crippen LogP contribution in [0.15, 0.2) is 53.7 Å². The SMILES string of the molecule is N#CCCSc1ccccc1-n1cccc1. The van der Waals surface area contributed by atoms with Gasteiger partial charge in [0.05, 0.1) is 11.8 Å². The molecule has 2 nitrogen and oxygen atoms in total. The summed E-state index contributed by atoms with van der Waals surface area (Å²) in [5, 5.41) is 8.53. The van der Waals surface area contributed by atoms with Crippen LogP contribution >= 0.6 is 11.8 Å². The second-order valence-electron chi connectivity index (χ2n) is 3.31. The lowest BCUT2D eigenvalue weighted by Gasteiger charge is -2.09. The molecule has 0 aliphatic rings. The first-order valence-corrected chi connectivity index (χ1v) is 6.12. The maximum Gasteiger partial charge on any atom is 0.0630 e. The van der Waals surface area contributed by atoms with Crippen LogP contribution in [0.25, 0.3) is 5.69 Å². The molecule has 80 valence electrons. The average Bonchev–Trinajstić information content (AvgIpc) is 2.83. The molecular weight excluding hydrogens is 216 g/mol. The van der Waals surface area contributed by atoms with Gasteiger partial charge in [-0.25, -0.2) is 0 Å². The minimum absolute atomic E-state index is 0.588. The van der Waals surface area contributed by atoms with Crippen LogP contribution < -0.4 is 0 Å². The molecule has 1 aromatic carbocycles. The molecule has 1 heterocycles. The molecule has 0 atom stereocenters. The maximum absolute atomic E-state index is 8.53. The zero-order valence-electron chi connectivity index (χ0n) is 8.84. The Labute approximate surface area is 99.5 Å². The van der Waals surface area contributed by atoms with Crippen molar-refractivity contribution in [2.75, 3.05) is 5.75 Å². The molecule has 0 aliphatic carbocycles. The highest BCUT2D eigenvalue weighted by molar-refractivity contribution is 7.99. The van der Waals surface area contributed by atoms with E-state index in [4.69, 9.17) is 5.26 Å². The van der Waals surface area contributed by atoms with E-state index in [9.17, 15) is 0 Å². The average molecular weight is 228 g/mol. The van der Waals surface area contributed by atoms with E-state index in [-0.39, 0.29) is 0 Å². The van der Waals surface area contributed by atoms with Crippen LogP contribution in [0.2, 0.25) is 0 Å². The van der Waals surface area contributed by atoms with E-state index >= 15 is 0 Å². The largest absolute Gasteiger partial charge is 0.323 e. The van der Waals surface area contributed by atoms with Gasteiger partial charge in [0.2, 0.25) is 0 Å². The highest BCUT2D eigenvalue weighted by atomic mass is 32.2. The second kappa shape index (κ2) is 5.43. The number of para-hydroxylation sites is 1. The number of hydrogen-bond donors (Lipinski definition) is 0. The van der Waals surface area contributed by atoms with E-state index in [1.54, 1.807) is 11.8 Å². The third-order valence-electron chi connectivity index (χ3n) is 2.22. The summed E-state index contributed by atoms with van der Waals surface area (Å²) < 4.78 is 2.09. The molecule has 0 radical (unpaired) electrons. The van der Waals surface area contributed by atoms with Crippen molar-refractivity contribution >= 4 is 11.8 Å². The monoisotopic (exact) mass is 228 g/mol. The Hall–Kier alpha value is -1.66. The molecule has 0 fully saturated rings. The van der Waals surface area contributed by atoms with Gasteiger partial charge in [0, 0.05) is 29.5 Å². The minimum Gasteiger partial charge on any atom is -0.323 e. The summed E-state index contributed by atoms with van der Waals surface area (Å²) in [7, 11) is 0. The number of thioether (sulfide) groups is 1. The van der Waals surface area contributed by atoms with Crippen LogP contribution in [-0.2, 0) is 0 Å². The predicted octanol–water partition coefficient (Wildman–Crippen LogP) is 3.48. The normalized spacial score (nSPS) is 9.94. The summed E-state index contributed by atoms with van der Waals surface area (Å²) in [5.41, 5.74) is 1.18. The minimum atomic E-state index is 0.588. The molecule has 0 bridgehead atoms. The topological polar surface area (TPSA) is 28.7 Å². The molecule has 0 spiro atoms. The van der Waals surface area contributed by atoms with Crippen LogP contribution in [0.5, 0.6) is 0 Å². The van der Waals surface area contributed by atoms with Crippen LogP contribution in [-0.4, -0.2) is 10.3 Å². The van der Waals surface area contributed by atoms with Gasteiger partial charge in [-0.05, 0) is 24.3 Å². The van der Waals surface area contributed by atoms with E-state index in [0.717, 1.165) is 5.75 Å². The van der Waals surface area contributed by atoms with Gasteiger partial charge < -0.3 is 4.57 Å². The summed E-state index contributed by atoms with van der Waals surface area (Å²) in [6, 6.07) is 14.4. The number of rotatable bonds is 4. The number of hydrogen-bond acceptors (Lipinski definition) is 2. The lowest BCUT2D eigenvalue weighted by Crippen LogP contribution is -1.92. The highest BCUT2D eigenvalue weighted by Crippen LogP contribution is 2.26. The van der Waals surface area contributed by atoms with Crippen molar-refractivity contribution in [3.63, 3.8) is 0 Å². The summed E-state index contributed by atoms with van der Waals surface area (Å²) in [4.78, 5) is 1.22. The van der Waals surface area contributed by atoms with Crippen LogP contribution in [0.1, 0.15) is 6.42 Å². The van der Waals surface area contributed by atoms with Gasteiger partial charge in [0.15, 0.2) is 0 Å². The fourth-order valence-electron chi connectivity index (χ4n) is 1.49. The molecule has 0 amide bonds. The van der Waals surface area contributed by atoms with Gasteiger partial charge in [-0.1, -0.05) is 12.1 Å². The fourth-order valence-corrected chi connectivity index (χ4v) is 2.40. The van der Waals surface area contributed by atoms with Crippen molar-refractivity contribution < 1.29 is 0 Å². The molecule has 16 heavy (non-hydrogen) atoms. The zero-order valence-corrected chi connectivity index (χ0v) is 9.65. The van der Waals surface area contributed by atoms with Crippen molar-refractivity contribution in [1.29, 1.82) is 5.26 Å². The molecule has 0 saturated heterocycles. The Morgan fingerprint density at radius 1 is 1.12 bits per heavy atom. The first kappa shape index (κ1) is 10.8. The van der Waals surface area contributed by atoms with Crippen LogP contribution in [0, 0.1) is 11.3 Å².